The Morgan fingerprint density at radius 3 is 2.56 bits per heavy atom. The third kappa shape index (κ3) is 2.36. The maximum Gasteiger partial charge on any atom is 0.0865 e. The van der Waals surface area contributed by atoms with Crippen molar-refractivity contribution in [2.24, 2.45) is 5.92 Å². The molecule has 1 aromatic rings. The summed E-state index contributed by atoms with van der Waals surface area (Å²) < 4.78 is 5.25. The van der Waals surface area contributed by atoms with Crippen molar-refractivity contribution in [3.05, 3.63) is 30.3 Å². The Bertz CT molecular complexity index is 324. The molecule has 0 heterocycles. The van der Waals surface area contributed by atoms with Crippen molar-refractivity contribution in [1.29, 1.82) is 0 Å². The largest absolute Gasteiger partial charge is 0.394 e. The molecule has 0 spiro atoms. The van der Waals surface area contributed by atoms with Gasteiger partial charge in [-0.05, 0) is 30.9 Å². The monoisotopic (exact) mass is 221 g/mol. The first-order valence-corrected chi connectivity index (χ1v) is 5.74. The average Bonchev–Trinajstić information content (AvgIpc) is 3.14. The number of nitrogens with one attached hydrogen (secondary N) is 1. The molecule has 88 valence electrons. The second-order valence-electron chi connectivity index (χ2n) is 4.51. The quantitative estimate of drug-likeness (QED) is 0.770. The molecule has 3 heteroatoms. The minimum Gasteiger partial charge on any atom is -0.394 e. The first-order valence-electron chi connectivity index (χ1n) is 5.74. The van der Waals surface area contributed by atoms with Crippen molar-refractivity contribution in [3.63, 3.8) is 0 Å². The third-order valence-electron chi connectivity index (χ3n) is 3.21. The fraction of sp³-hybridized carbons (Fsp3) is 0.538. The van der Waals surface area contributed by atoms with Crippen LogP contribution in [0.3, 0.4) is 0 Å². The standard InChI is InChI=1S/C13H19NO2/c1-16-10-13(9-15,11-7-8-11)14-12-5-3-2-4-6-12/h2-6,11,14-15H,7-10H2,1H3. The van der Waals surface area contributed by atoms with Crippen molar-refractivity contribution >= 4 is 5.69 Å². The van der Waals surface area contributed by atoms with Crippen LogP contribution < -0.4 is 5.32 Å². The van der Waals surface area contributed by atoms with Gasteiger partial charge in [0.1, 0.15) is 0 Å². The number of benzene rings is 1. The van der Waals surface area contributed by atoms with Crippen LogP contribution in [0.4, 0.5) is 5.69 Å². The highest BCUT2D eigenvalue weighted by Crippen LogP contribution is 2.41. The molecule has 2 N–H and O–H groups in total. The SMILES string of the molecule is COCC(CO)(Nc1ccccc1)C1CC1. The zero-order valence-electron chi connectivity index (χ0n) is 9.65. The summed E-state index contributed by atoms with van der Waals surface area (Å²) in [6.07, 6.45) is 2.34. The topological polar surface area (TPSA) is 41.5 Å². The second kappa shape index (κ2) is 4.85. The van der Waals surface area contributed by atoms with Crippen LogP contribution in [0.5, 0.6) is 0 Å². The van der Waals surface area contributed by atoms with Crippen LogP contribution in [0.1, 0.15) is 12.8 Å². The molecule has 1 aliphatic carbocycles. The predicted molar refractivity (Wildman–Crippen MR) is 64.5 cm³/mol. The zero-order valence-corrected chi connectivity index (χ0v) is 9.65. The first kappa shape index (κ1) is 11.4. The van der Waals surface area contributed by atoms with Gasteiger partial charge in [0.05, 0.1) is 18.8 Å². The van der Waals surface area contributed by atoms with Gasteiger partial charge in [-0.2, -0.15) is 0 Å². The number of para-hydroxylation sites is 1. The lowest BCUT2D eigenvalue weighted by atomic mass is 9.94. The molecular formula is C13H19NO2. The number of aliphatic hydroxyl groups is 1. The Kier molecular flexibility index (Phi) is 3.46. The van der Waals surface area contributed by atoms with Crippen LogP contribution in [-0.4, -0.2) is 31.0 Å². The summed E-state index contributed by atoms with van der Waals surface area (Å²) in [5.41, 5.74) is 0.733. The Morgan fingerprint density at radius 2 is 2.06 bits per heavy atom. The van der Waals surface area contributed by atoms with Crippen LogP contribution in [0.15, 0.2) is 30.3 Å². The van der Waals surface area contributed by atoms with Crippen molar-refractivity contribution in [1.82, 2.24) is 0 Å². The maximum absolute atomic E-state index is 9.64. The Morgan fingerprint density at radius 1 is 1.38 bits per heavy atom. The summed E-state index contributed by atoms with van der Waals surface area (Å²) in [5, 5.41) is 13.1. The van der Waals surface area contributed by atoms with Crippen LogP contribution >= 0.6 is 0 Å². The second-order valence-corrected chi connectivity index (χ2v) is 4.51. The normalized spacial score (nSPS) is 19.1. The number of ether oxygens (including phenoxy) is 1. The minimum absolute atomic E-state index is 0.112. The van der Waals surface area contributed by atoms with Gasteiger partial charge in [-0.1, -0.05) is 18.2 Å². The summed E-state index contributed by atoms with van der Waals surface area (Å²) in [6, 6.07) is 10.00. The summed E-state index contributed by atoms with van der Waals surface area (Å²) >= 11 is 0. The lowest BCUT2D eigenvalue weighted by Crippen LogP contribution is -2.48. The van der Waals surface area contributed by atoms with E-state index in [0.29, 0.717) is 12.5 Å². The predicted octanol–water partition coefficient (Wildman–Crippen LogP) is 1.89. The maximum atomic E-state index is 9.64. The summed E-state index contributed by atoms with van der Waals surface area (Å²) in [4.78, 5) is 0. The van der Waals surface area contributed by atoms with Gasteiger partial charge in [0.15, 0.2) is 0 Å². The van der Waals surface area contributed by atoms with Gasteiger partial charge in [-0.3, -0.25) is 0 Å². The number of hydrogen-bond donors (Lipinski definition) is 2. The van der Waals surface area contributed by atoms with E-state index in [4.69, 9.17) is 4.74 Å². The molecule has 0 saturated heterocycles. The molecule has 0 bridgehead atoms. The third-order valence-corrected chi connectivity index (χ3v) is 3.21. The van der Waals surface area contributed by atoms with Crippen molar-refractivity contribution in [2.45, 2.75) is 18.4 Å². The number of aliphatic hydroxyl groups excluding tert-OH is 1. The molecule has 0 radical (unpaired) electrons. The van der Waals surface area contributed by atoms with Gasteiger partial charge in [0, 0.05) is 12.8 Å². The molecule has 0 aromatic heterocycles. The number of anilines is 1. The smallest absolute Gasteiger partial charge is 0.0865 e. The lowest BCUT2D eigenvalue weighted by Gasteiger charge is -2.33. The molecule has 3 nitrogen and oxygen atoms in total. The highest BCUT2D eigenvalue weighted by atomic mass is 16.5. The van der Waals surface area contributed by atoms with E-state index < -0.39 is 0 Å². The van der Waals surface area contributed by atoms with E-state index >= 15 is 0 Å². The van der Waals surface area contributed by atoms with Crippen molar-refractivity contribution in [3.8, 4) is 0 Å². The highest BCUT2D eigenvalue weighted by molar-refractivity contribution is 5.46. The fourth-order valence-electron chi connectivity index (χ4n) is 2.17. The number of rotatable bonds is 6. The highest BCUT2D eigenvalue weighted by Gasteiger charge is 2.45. The van der Waals surface area contributed by atoms with Crippen LogP contribution in [-0.2, 0) is 4.74 Å². The van der Waals surface area contributed by atoms with Crippen molar-refractivity contribution in [2.75, 3.05) is 25.6 Å². The van der Waals surface area contributed by atoms with Crippen LogP contribution in [0.2, 0.25) is 0 Å². The molecule has 1 atom stereocenters. The van der Waals surface area contributed by atoms with E-state index in [1.807, 2.05) is 30.3 Å². The van der Waals surface area contributed by atoms with E-state index in [0.717, 1.165) is 5.69 Å². The Labute approximate surface area is 96.4 Å². The lowest BCUT2D eigenvalue weighted by molar-refractivity contribution is 0.0862. The zero-order chi connectivity index (χ0) is 11.4. The van der Waals surface area contributed by atoms with Gasteiger partial charge in [0.25, 0.3) is 0 Å². The fourth-order valence-corrected chi connectivity index (χ4v) is 2.17. The van der Waals surface area contributed by atoms with E-state index in [1.165, 1.54) is 12.8 Å². The van der Waals surface area contributed by atoms with E-state index in [1.54, 1.807) is 7.11 Å². The molecule has 1 unspecified atom stereocenters. The average molecular weight is 221 g/mol. The molecule has 1 saturated carbocycles. The Hall–Kier alpha value is -1.06. The van der Waals surface area contributed by atoms with Crippen LogP contribution in [0, 0.1) is 5.92 Å². The van der Waals surface area contributed by atoms with E-state index in [9.17, 15) is 5.11 Å². The van der Waals surface area contributed by atoms with Gasteiger partial charge >= 0.3 is 0 Å². The van der Waals surface area contributed by atoms with E-state index in [-0.39, 0.29) is 12.1 Å². The molecule has 0 amide bonds. The van der Waals surface area contributed by atoms with Crippen molar-refractivity contribution < 1.29 is 9.84 Å². The summed E-state index contributed by atoms with van der Waals surface area (Å²) in [5.74, 6) is 0.526. The molecule has 1 aliphatic rings. The Balaban J connectivity index is 2.12. The number of methoxy groups -OCH3 is 1. The molecule has 16 heavy (non-hydrogen) atoms. The summed E-state index contributed by atoms with van der Waals surface area (Å²) in [6.45, 7) is 0.656. The van der Waals surface area contributed by atoms with Gasteiger partial charge in [-0.25, -0.2) is 0 Å². The molecule has 1 fully saturated rings. The van der Waals surface area contributed by atoms with Gasteiger partial charge in [-0.15, -0.1) is 0 Å². The van der Waals surface area contributed by atoms with E-state index in [2.05, 4.69) is 5.32 Å². The van der Waals surface area contributed by atoms with Crippen LogP contribution in [0.25, 0.3) is 0 Å². The minimum atomic E-state index is -0.309. The summed E-state index contributed by atoms with van der Waals surface area (Å²) in [7, 11) is 1.68. The van der Waals surface area contributed by atoms with Gasteiger partial charge in [0.2, 0.25) is 0 Å². The molecule has 2 rings (SSSR count). The first-order chi connectivity index (χ1) is 7.80. The molecule has 0 aliphatic heterocycles. The molecule has 1 aromatic carbocycles. The number of hydrogen-bond acceptors (Lipinski definition) is 3. The van der Waals surface area contributed by atoms with Gasteiger partial charge < -0.3 is 15.2 Å². The molecular weight excluding hydrogens is 202 g/mol.